The van der Waals surface area contributed by atoms with Crippen molar-refractivity contribution >= 4 is 11.9 Å². The van der Waals surface area contributed by atoms with Crippen LogP contribution in [0, 0.1) is 11.8 Å². The van der Waals surface area contributed by atoms with Crippen LogP contribution in [0.1, 0.15) is 44.2 Å². The standard InChI is InChI=1S/C21H28O4/c1-5-7-12-20(22)24-14-17-10-8-11-18(13-17)15-25-21(23)19(9-6-2)16(3)4/h5-6,8,10-11,13,16,19H,1-2,7,9,12,14-15H2,3-4H3. The molecule has 0 aliphatic rings. The smallest absolute Gasteiger partial charge is 0.309 e. The van der Waals surface area contributed by atoms with Crippen LogP contribution in [0.4, 0.5) is 0 Å². The fourth-order valence-electron chi connectivity index (χ4n) is 2.35. The first-order valence-corrected chi connectivity index (χ1v) is 8.59. The molecule has 0 fully saturated rings. The Labute approximate surface area is 150 Å². The van der Waals surface area contributed by atoms with Crippen LogP contribution in [0.25, 0.3) is 0 Å². The largest absolute Gasteiger partial charge is 0.461 e. The summed E-state index contributed by atoms with van der Waals surface area (Å²) in [6.45, 7) is 11.7. The van der Waals surface area contributed by atoms with Crippen molar-refractivity contribution in [2.45, 2.75) is 46.3 Å². The molecule has 0 amide bonds. The number of benzene rings is 1. The monoisotopic (exact) mass is 344 g/mol. The van der Waals surface area contributed by atoms with Gasteiger partial charge in [0.1, 0.15) is 13.2 Å². The highest BCUT2D eigenvalue weighted by molar-refractivity contribution is 5.73. The normalized spacial score (nSPS) is 11.6. The van der Waals surface area contributed by atoms with Crippen molar-refractivity contribution < 1.29 is 19.1 Å². The molecular formula is C21H28O4. The van der Waals surface area contributed by atoms with Gasteiger partial charge in [-0.1, -0.05) is 44.2 Å². The van der Waals surface area contributed by atoms with Gasteiger partial charge in [-0.3, -0.25) is 9.59 Å². The second-order valence-electron chi connectivity index (χ2n) is 6.29. The van der Waals surface area contributed by atoms with Gasteiger partial charge in [0.15, 0.2) is 0 Å². The maximum Gasteiger partial charge on any atom is 0.309 e. The van der Waals surface area contributed by atoms with Gasteiger partial charge in [-0.2, -0.15) is 0 Å². The molecule has 1 rings (SSSR count). The molecule has 136 valence electrons. The number of carbonyl (C=O) groups excluding carboxylic acids is 2. The first-order valence-electron chi connectivity index (χ1n) is 8.59. The van der Waals surface area contributed by atoms with E-state index in [-0.39, 0.29) is 37.0 Å². The fraction of sp³-hybridized carbons (Fsp3) is 0.429. The van der Waals surface area contributed by atoms with Crippen LogP contribution in [-0.4, -0.2) is 11.9 Å². The lowest BCUT2D eigenvalue weighted by Gasteiger charge is -2.18. The molecule has 0 spiro atoms. The zero-order valence-corrected chi connectivity index (χ0v) is 15.2. The van der Waals surface area contributed by atoms with Crippen LogP contribution < -0.4 is 0 Å². The highest BCUT2D eigenvalue weighted by atomic mass is 16.5. The molecule has 1 atom stereocenters. The van der Waals surface area contributed by atoms with Crippen LogP contribution in [0.5, 0.6) is 0 Å². The Kier molecular flexibility index (Phi) is 9.30. The molecule has 0 N–H and O–H groups in total. The van der Waals surface area contributed by atoms with E-state index in [9.17, 15) is 9.59 Å². The maximum absolute atomic E-state index is 12.2. The van der Waals surface area contributed by atoms with E-state index in [1.807, 2.05) is 38.1 Å². The van der Waals surface area contributed by atoms with Crippen molar-refractivity contribution in [2.24, 2.45) is 11.8 Å². The lowest BCUT2D eigenvalue weighted by Crippen LogP contribution is -2.22. The van der Waals surface area contributed by atoms with Gasteiger partial charge in [0.05, 0.1) is 5.92 Å². The molecule has 1 unspecified atom stereocenters. The van der Waals surface area contributed by atoms with Crippen LogP contribution in [-0.2, 0) is 32.3 Å². The average molecular weight is 344 g/mol. The second-order valence-corrected chi connectivity index (χ2v) is 6.29. The number of ether oxygens (including phenoxy) is 2. The van der Waals surface area contributed by atoms with Crippen molar-refractivity contribution in [3.05, 3.63) is 60.7 Å². The molecule has 0 heterocycles. The highest BCUT2D eigenvalue weighted by Crippen LogP contribution is 2.18. The number of allylic oxidation sites excluding steroid dienone is 2. The molecule has 4 nitrogen and oxygen atoms in total. The summed E-state index contributed by atoms with van der Waals surface area (Å²) in [5.74, 6) is -0.435. The third-order valence-corrected chi connectivity index (χ3v) is 3.85. The van der Waals surface area contributed by atoms with E-state index in [0.29, 0.717) is 19.3 Å². The summed E-state index contributed by atoms with van der Waals surface area (Å²) in [7, 11) is 0. The summed E-state index contributed by atoms with van der Waals surface area (Å²) in [6.07, 6.45) is 4.98. The molecule has 0 bridgehead atoms. The minimum absolute atomic E-state index is 0.175. The summed E-state index contributed by atoms with van der Waals surface area (Å²) < 4.78 is 10.6. The van der Waals surface area contributed by atoms with E-state index < -0.39 is 0 Å². The van der Waals surface area contributed by atoms with Crippen molar-refractivity contribution in [3.8, 4) is 0 Å². The van der Waals surface area contributed by atoms with Crippen LogP contribution in [0.3, 0.4) is 0 Å². The predicted molar refractivity (Wildman–Crippen MR) is 98.6 cm³/mol. The van der Waals surface area contributed by atoms with Gasteiger partial charge >= 0.3 is 11.9 Å². The van der Waals surface area contributed by atoms with E-state index in [1.54, 1.807) is 12.2 Å². The minimum Gasteiger partial charge on any atom is -0.461 e. The number of rotatable bonds is 11. The van der Waals surface area contributed by atoms with E-state index >= 15 is 0 Å². The average Bonchev–Trinajstić information content (AvgIpc) is 2.60. The Morgan fingerprint density at radius 3 is 2.28 bits per heavy atom. The van der Waals surface area contributed by atoms with Crippen LogP contribution in [0.2, 0.25) is 0 Å². The maximum atomic E-state index is 12.2. The number of hydrogen-bond donors (Lipinski definition) is 0. The van der Waals surface area contributed by atoms with E-state index in [4.69, 9.17) is 9.47 Å². The van der Waals surface area contributed by atoms with Crippen molar-refractivity contribution in [1.82, 2.24) is 0 Å². The zero-order chi connectivity index (χ0) is 18.7. The Bertz CT molecular complexity index is 589. The van der Waals surface area contributed by atoms with Crippen molar-refractivity contribution in [3.63, 3.8) is 0 Å². The van der Waals surface area contributed by atoms with Gasteiger partial charge in [-0.25, -0.2) is 0 Å². The van der Waals surface area contributed by atoms with Gasteiger partial charge in [0, 0.05) is 6.42 Å². The van der Waals surface area contributed by atoms with Crippen molar-refractivity contribution in [2.75, 3.05) is 0 Å². The molecule has 0 radical (unpaired) electrons. The van der Waals surface area contributed by atoms with Crippen LogP contribution >= 0.6 is 0 Å². The quantitative estimate of drug-likeness (QED) is 0.435. The molecule has 0 aliphatic carbocycles. The summed E-state index contributed by atoms with van der Waals surface area (Å²) in [5.41, 5.74) is 1.74. The summed E-state index contributed by atoms with van der Waals surface area (Å²) in [6, 6.07) is 7.50. The molecule has 1 aromatic carbocycles. The molecule has 0 aliphatic heterocycles. The first-order chi connectivity index (χ1) is 12.0. The lowest BCUT2D eigenvalue weighted by molar-refractivity contribution is -0.151. The van der Waals surface area contributed by atoms with E-state index in [1.165, 1.54) is 0 Å². The Balaban J connectivity index is 2.54. The summed E-state index contributed by atoms with van der Waals surface area (Å²) in [4.78, 5) is 23.7. The topological polar surface area (TPSA) is 52.6 Å². The Morgan fingerprint density at radius 1 is 1.08 bits per heavy atom. The molecule has 25 heavy (non-hydrogen) atoms. The zero-order valence-electron chi connectivity index (χ0n) is 15.2. The predicted octanol–water partition coefficient (Wildman–Crippen LogP) is 4.59. The highest BCUT2D eigenvalue weighted by Gasteiger charge is 2.22. The minimum atomic E-state index is -0.249. The molecular weight excluding hydrogens is 316 g/mol. The van der Waals surface area contributed by atoms with Gasteiger partial charge in [-0.05, 0) is 36.0 Å². The van der Waals surface area contributed by atoms with Gasteiger partial charge in [0.25, 0.3) is 0 Å². The number of hydrogen-bond acceptors (Lipinski definition) is 4. The lowest BCUT2D eigenvalue weighted by atomic mass is 9.93. The molecule has 0 aromatic heterocycles. The second kappa shape index (κ2) is 11.2. The fourth-order valence-corrected chi connectivity index (χ4v) is 2.35. The SMILES string of the molecule is C=CCCC(=O)OCc1cccc(COC(=O)C(CC=C)C(C)C)c1. The van der Waals surface area contributed by atoms with E-state index in [0.717, 1.165) is 11.1 Å². The molecule has 0 saturated carbocycles. The van der Waals surface area contributed by atoms with Gasteiger partial charge in [0.2, 0.25) is 0 Å². The Hall–Kier alpha value is -2.36. The molecule has 1 aromatic rings. The summed E-state index contributed by atoms with van der Waals surface area (Å²) in [5, 5.41) is 0. The van der Waals surface area contributed by atoms with Crippen molar-refractivity contribution in [1.29, 1.82) is 0 Å². The molecule has 0 saturated heterocycles. The molecule has 4 heteroatoms. The summed E-state index contributed by atoms with van der Waals surface area (Å²) >= 11 is 0. The van der Waals surface area contributed by atoms with Crippen LogP contribution in [0.15, 0.2) is 49.6 Å². The number of esters is 2. The third-order valence-electron chi connectivity index (χ3n) is 3.85. The van der Waals surface area contributed by atoms with E-state index in [2.05, 4.69) is 13.2 Å². The Morgan fingerprint density at radius 2 is 1.72 bits per heavy atom. The first kappa shape index (κ1) is 20.7. The van der Waals surface area contributed by atoms with Gasteiger partial charge in [-0.15, -0.1) is 13.2 Å². The van der Waals surface area contributed by atoms with Gasteiger partial charge < -0.3 is 9.47 Å². The number of carbonyl (C=O) groups is 2. The third kappa shape index (κ3) is 7.84.